The molecule has 13 heavy (non-hydrogen) atoms. The van der Waals surface area contributed by atoms with Crippen LogP contribution in [0.1, 0.15) is 11.1 Å². The lowest BCUT2D eigenvalue weighted by atomic mass is 10.2. The van der Waals surface area contributed by atoms with Gasteiger partial charge in [-0.05, 0) is 59.7 Å². The van der Waals surface area contributed by atoms with Crippen molar-refractivity contribution in [1.29, 1.82) is 0 Å². The van der Waals surface area contributed by atoms with Gasteiger partial charge in [-0.15, -0.1) is 0 Å². The topological polar surface area (TPSA) is 34.1 Å². The molecule has 5 heteroatoms. The molecule has 0 heterocycles. The second kappa shape index (κ2) is 3.74. The van der Waals surface area contributed by atoms with Gasteiger partial charge in [0.2, 0.25) is 0 Å². The number of hydrogen-bond donors (Lipinski definition) is 0. The molecule has 0 unspecified atom stereocenters. The molecule has 0 aromatic heterocycles. The SMILES string of the molecule is Cc1cc(I)cc(C)c1S(=O)(=O)Cl. The Labute approximate surface area is 95.9 Å². The van der Waals surface area contributed by atoms with Crippen molar-refractivity contribution in [1.82, 2.24) is 0 Å². The van der Waals surface area contributed by atoms with Crippen LogP contribution < -0.4 is 0 Å². The molecule has 0 spiro atoms. The Kier molecular flexibility index (Phi) is 3.24. The van der Waals surface area contributed by atoms with Gasteiger partial charge in [0.25, 0.3) is 9.05 Å². The first-order valence-corrected chi connectivity index (χ1v) is 6.92. The largest absolute Gasteiger partial charge is 0.261 e. The van der Waals surface area contributed by atoms with Crippen molar-refractivity contribution >= 4 is 42.3 Å². The first kappa shape index (κ1) is 11.3. The molecule has 0 atom stereocenters. The quantitative estimate of drug-likeness (QED) is 0.586. The molecule has 0 aliphatic carbocycles. The standard InChI is InChI=1S/C8H8ClIO2S/c1-5-3-7(10)4-6(2)8(5)13(9,11)12/h3-4H,1-2H3. The van der Waals surface area contributed by atoms with Crippen LogP contribution in [0.25, 0.3) is 0 Å². The summed E-state index contributed by atoms with van der Waals surface area (Å²) in [6.07, 6.45) is 0. The van der Waals surface area contributed by atoms with E-state index in [0.717, 1.165) is 3.57 Å². The van der Waals surface area contributed by atoms with Crippen molar-refractivity contribution in [2.45, 2.75) is 18.7 Å². The van der Waals surface area contributed by atoms with E-state index in [4.69, 9.17) is 10.7 Å². The lowest BCUT2D eigenvalue weighted by molar-refractivity contribution is 0.608. The molecule has 72 valence electrons. The average Bonchev–Trinajstić information content (AvgIpc) is 1.78. The summed E-state index contributed by atoms with van der Waals surface area (Å²) in [7, 11) is 1.68. The first-order chi connectivity index (χ1) is 5.82. The summed E-state index contributed by atoms with van der Waals surface area (Å²) in [6, 6.07) is 3.59. The van der Waals surface area contributed by atoms with E-state index in [-0.39, 0.29) is 4.90 Å². The molecule has 0 saturated heterocycles. The lowest BCUT2D eigenvalue weighted by Crippen LogP contribution is -1.98. The van der Waals surface area contributed by atoms with E-state index in [2.05, 4.69) is 22.6 Å². The lowest BCUT2D eigenvalue weighted by Gasteiger charge is -2.06. The van der Waals surface area contributed by atoms with Crippen LogP contribution in [-0.2, 0) is 9.05 Å². The Balaban J connectivity index is 3.57. The van der Waals surface area contributed by atoms with Crippen LogP contribution in [0.4, 0.5) is 0 Å². The normalized spacial score (nSPS) is 11.7. The minimum atomic E-state index is -3.61. The van der Waals surface area contributed by atoms with Crippen molar-refractivity contribution in [2.24, 2.45) is 0 Å². The molecule has 0 bridgehead atoms. The number of rotatable bonds is 1. The summed E-state index contributed by atoms with van der Waals surface area (Å²) in [4.78, 5) is 0.231. The van der Waals surface area contributed by atoms with Crippen molar-refractivity contribution < 1.29 is 8.42 Å². The molecule has 1 aromatic rings. The summed E-state index contributed by atoms with van der Waals surface area (Å²) >= 11 is 2.14. The fraction of sp³-hybridized carbons (Fsp3) is 0.250. The van der Waals surface area contributed by atoms with Gasteiger partial charge in [-0.1, -0.05) is 0 Å². The second-order valence-corrected chi connectivity index (χ2v) is 6.55. The Morgan fingerprint density at radius 1 is 1.23 bits per heavy atom. The maximum atomic E-state index is 11.1. The van der Waals surface area contributed by atoms with Crippen molar-refractivity contribution in [3.8, 4) is 0 Å². The van der Waals surface area contributed by atoms with E-state index in [1.165, 1.54) is 0 Å². The number of aryl methyl sites for hydroxylation is 2. The van der Waals surface area contributed by atoms with E-state index in [0.29, 0.717) is 11.1 Å². The van der Waals surface area contributed by atoms with Gasteiger partial charge in [-0.3, -0.25) is 0 Å². The molecule has 2 nitrogen and oxygen atoms in total. The van der Waals surface area contributed by atoms with Gasteiger partial charge in [-0.25, -0.2) is 8.42 Å². The molecule has 0 fully saturated rings. The molecular formula is C8H8ClIO2S. The van der Waals surface area contributed by atoms with Crippen molar-refractivity contribution in [2.75, 3.05) is 0 Å². The highest BCUT2D eigenvalue weighted by atomic mass is 127. The summed E-state index contributed by atoms with van der Waals surface area (Å²) in [6.45, 7) is 3.48. The van der Waals surface area contributed by atoms with Gasteiger partial charge >= 0.3 is 0 Å². The first-order valence-electron chi connectivity index (χ1n) is 3.54. The van der Waals surface area contributed by atoms with Crippen LogP contribution in [0.3, 0.4) is 0 Å². The fourth-order valence-corrected chi connectivity index (χ4v) is 3.83. The molecule has 0 amide bonds. The summed E-state index contributed by atoms with van der Waals surface area (Å²) < 4.78 is 23.3. The highest BCUT2D eigenvalue weighted by Gasteiger charge is 2.16. The Hall–Kier alpha value is 0.190. The Bertz CT molecular complexity index is 416. The summed E-state index contributed by atoms with van der Waals surface area (Å²) in [5.74, 6) is 0. The maximum Gasteiger partial charge on any atom is 0.261 e. The van der Waals surface area contributed by atoms with Gasteiger partial charge in [0, 0.05) is 14.3 Å². The van der Waals surface area contributed by atoms with Gasteiger partial charge in [0.15, 0.2) is 0 Å². The molecule has 0 aliphatic rings. The highest BCUT2D eigenvalue weighted by Crippen LogP contribution is 2.25. The zero-order chi connectivity index (χ0) is 10.2. The summed E-state index contributed by atoms with van der Waals surface area (Å²) in [5, 5.41) is 0. The van der Waals surface area contributed by atoms with Crippen LogP contribution in [-0.4, -0.2) is 8.42 Å². The zero-order valence-corrected chi connectivity index (χ0v) is 10.9. The van der Waals surface area contributed by atoms with E-state index in [9.17, 15) is 8.42 Å². The van der Waals surface area contributed by atoms with Gasteiger partial charge in [0.05, 0.1) is 4.90 Å². The third-order valence-corrected chi connectivity index (χ3v) is 3.89. The van der Waals surface area contributed by atoms with Crippen LogP contribution in [0.2, 0.25) is 0 Å². The van der Waals surface area contributed by atoms with E-state index >= 15 is 0 Å². The summed E-state index contributed by atoms with van der Waals surface area (Å²) in [5.41, 5.74) is 1.39. The molecule has 0 radical (unpaired) electrons. The fourth-order valence-electron chi connectivity index (χ4n) is 1.28. The van der Waals surface area contributed by atoms with Crippen molar-refractivity contribution in [3.63, 3.8) is 0 Å². The number of hydrogen-bond acceptors (Lipinski definition) is 2. The molecule has 0 N–H and O–H groups in total. The van der Waals surface area contributed by atoms with Gasteiger partial charge < -0.3 is 0 Å². The Morgan fingerprint density at radius 3 is 1.92 bits per heavy atom. The van der Waals surface area contributed by atoms with Gasteiger partial charge in [0.1, 0.15) is 0 Å². The predicted molar refractivity (Wildman–Crippen MR) is 61.7 cm³/mol. The Morgan fingerprint density at radius 2 is 1.62 bits per heavy atom. The van der Waals surface area contributed by atoms with E-state index in [1.807, 2.05) is 0 Å². The zero-order valence-electron chi connectivity index (χ0n) is 7.14. The molecule has 1 aromatic carbocycles. The maximum absolute atomic E-state index is 11.1. The molecule has 0 aliphatic heterocycles. The smallest absolute Gasteiger partial charge is 0.207 e. The van der Waals surface area contributed by atoms with Crippen LogP contribution in [0, 0.1) is 17.4 Å². The van der Waals surface area contributed by atoms with Gasteiger partial charge in [-0.2, -0.15) is 0 Å². The van der Waals surface area contributed by atoms with Crippen LogP contribution >= 0.6 is 33.3 Å². The third kappa shape index (κ3) is 2.57. The second-order valence-electron chi connectivity index (χ2n) is 2.81. The number of halogens is 2. The molecule has 0 saturated carbocycles. The van der Waals surface area contributed by atoms with E-state index < -0.39 is 9.05 Å². The predicted octanol–water partition coefficient (Wildman–Crippen LogP) is 2.84. The molecule has 1 rings (SSSR count). The minimum Gasteiger partial charge on any atom is -0.207 e. The van der Waals surface area contributed by atoms with Crippen LogP contribution in [0.15, 0.2) is 17.0 Å². The van der Waals surface area contributed by atoms with Crippen molar-refractivity contribution in [3.05, 3.63) is 26.8 Å². The average molecular weight is 331 g/mol. The van der Waals surface area contributed by atoms with E-state index in [1.54, 1.807) is 26.0 Å². The number of benzene rings is 1. The minimum absolute atomic E-state index is 0.231. The molecular weight excluding hydrogens is 323 g/mol. The monoisotopic (exact) mass is 330 g/mol. The van der Waals surface area contributed by atoms with Crippen LogP contribution in [0.5, 0.6) is 0 Å². The third-order valence-electron chi connectivity index (χ3n) is 1.67. The highest BCUT2D eigenvalue weighted by molar-refractivity contribution is 14.1.